The van der Waals surface area contributed by atoms with Gasteiger partial charge in [-0.1, -0.05) is 0 Å². The highest BCUT2D eigenvalue weighted by molar-refractivity contribution is 14.1. The van der Waals surface area contributed by atoms with Crippen molar-refractivity contribution in [3.63, 3.8) is 0 Å². The predicted molar refractivity (Wildman–Crippen MR) is 81.9 cm³/mol. The molecule has 0 fully saturated rings. The molecule has 0 radical (unpaired) electrons. The summed E-state index contributed by atoms with van der Waals surface area (Å²) in [6.45, 7) is 0. The lowest BCUT2D eigenvalue weighted by atomic mass is 10.3. The number of benzene rings is 1. The van der Waals surface area contributed by atoms with Crippen LogP contribution in [0.3, 0.4) is 0 Å². The molecule has 0 spiro atoms. The lowest BCUT2D eigenvalue weighted by molar-refractivity contribution is 0.461. The summed E-state index contributed by atoms with van der Waals surface area (Å²) in [7, 11) is 0. The zero-order valence-electron chi connectivity index (χ0n) is 9.14. The van der Waals surface area contributed by atoms with Gasteiger partial charge < -0.3 is 4.74 Å². The Morgan fingerprint density at radius 3 is 2.83 bits per heavy atom. The first-order valence-electron chi connectivity index (χ1n) is 5.22. The molecular weight excluding hydrogens is 383 g/mol. The maximum Gasteiger partial charge on any atom is 0.243 e. The van der Waals surface area contributed by atoms with Crippen LogP contribution in [-0.2, 0) is 5.88 Å². The number of ether oxygens (including phenoxy) is 1. The zero-order valence-corrected chi connectivity index (χ0v) is 12.9. The van der Waals surface area contributed by atoms with Crippen LogP contribution in [0.5, 0.6) is 11.6 Å². The van der Waals surface area contributed by atoms with Crippen molar-refractivity contribution in [3.05, 3.63) is 45.1 Å². The Labute approximate surface area is 127 Å². The van der Waals surface area contributed by atoms with E-state index in [1.165, 1.54) is 3.57 Å². The van der Waals surface area contributed by atoms with Gasteiger partial charge in [0, 0.05) is 15.1 Å². The van der Waals surface area contributed by atoms with Gasteiger partial charge >= 0.3 is 0 Å². The molecule has 2 aromatic heterocycles. The fourth-order valence-electron chi connectivity index (χ4n) is 1.63. The van der Waals surface area contributed by atoms with Gasteiger partial charge in [0.2, 0.25) is 5.88 Å². The van der Waals surface area contributed by atoms with Crippen molar-refractivity contribution in [2.75, 3.05) is 0 Å². The SMILES string of the molecule is ClCc1c(Oc2ccc(I)cc2)nc2sccn12. The quantitative estimate of drug-likeness (QED) is 0.485. The molecule has 0 saturated heterocycles. The van der Waals surface area contributed by atoms with E-state index >= 15 is 0 Å². The summed E-state index contributed by atoms with van der Waals surface area (Å²) in [6, 6.07) is 7.84. The van der Waals surface area contributed by atoms with E-state index in [0.29, 0.717) is 11.8 Å². The Morgan fingerprint density at radius 2 is 2.11 bits per heavy atom. The highest BCUT2D eigenvalue weighted by atomic mass is 127. The van der Waals surface area contributed by atoms with E-state index in [9.17, 15) is 0 Å². The van der Waals surface area contributed by atoms with E-state index in [0.717, 1.165) is 16.4 Å². The molecule has 0 N–H and O–H groups in total. The van der Waals surface area contributed by atoms with Crippen molar-refractivity contribution in [1.29, 1.82) is 0 Å². The van der Waals surface area contributed by atoms with Crippen LogP contribution >= 0.6 is 45.5 Å². The van der Waals surface area contributed by atoms with Crippen molar-refractivity contribution < 1.29 is 4.74 Å². The molecule has 1 aromatic carbocycles. The van der Waals surface area contributed by atoms with Gasteiger partial charge in [0.25, 0.3) is 0 Å². The molecule has 0 aliphatic carbocycles. The third kappa shape index (κ3) is 2.22. The van der Waals surface area contributed by atoms with Crippen LogP contribution in [0.4, 0.5) is 0 Å². The van der Waals surface area contributed by atoms with Gasteiger partial charge in [-0.3, -0.25) is 4.40 Å². The predicted octanol–water partition coefficient (Wildman–Crippen LogP) is 4.53. The van der Waals surface area contributed by atoms with Crippen LogP contribution in [0.15, 0.2) is 35.8 Å². The summed E-state index contributed by atoms with van der Waals surface area (Å²) >= 11 is 9.78. The molecule has 3 rings (SSSR count). The first-order chi connectivity index (χ1) is 8.78. The maximum atomic E-state index is 5.96. The molecule has 2 heterocycles. The van der Waals surface area contributed by atoms with Crippen molar-refractivity contribution in [2.45, 2.75) is 5.88 Å². The minimum atomic E-state index is 0.373. The standard InChI is InChI=1S/C12H8ClIN2OS/c13-7-10-11(15-12-16(10)5-6-18-12)17-9-3-1-8(14)2-4-9/h1-6H,7H2. The number of aromatic nitrogens is 2. The summed E-state index contributed by atoms with van der Waals surface area (Å²) in [5.41, 5.74) is 0.881. The Bertz CT molecular complexity index is 677. The summed E-state index contributed by atoms with van der Waals surface area (Å²) in [4.78, 5) is 5.33. The minimum Gasteiger partial charge on any atom is -0.437 e. The molecule has 3 nitrogen and oxygen atoms in total. The van der Waals surface area contributed by atoms with E-state index in [1.807, 2.05) is 40.2 Å². The third-order valence-corrected chi connectivity index (χ3v) is 4.21. The van der Waals surface area contributed by atoms with Gasteiger partial charge in [-0.2, -0.15) is 4.98 Å². The Morgan fingerprint density at radius 1 is 1.33 bits per heavy atom. The van der Waals surface area contributed by atoms with Crippen molar-refractivity contribution >= 4 is 50.5 Å². The third-order valence-electron chi connectivity index (χ3n) is 2.48. The van der Waals surface area contributed by atoms with Crippen molar-refractivity contribution in [2.24, 2.45) is 0 Å². The molecule has 92 valence electrons. The fraction of sp³-hybridized carbons (Fsp3) is 0.0833. The molecule has 0 bridgehead atoms. The highest BCUT2D eigenvalue weighted by Crippen LogP contribution is 2.29. The molecule has 3 aromatic rings. The molecule has 0 aliphatic heterocycles. The number of thiazole rings is 1. The van der Waals surface area contributed by atoms with Crippen molar-refractivity contribution in [1.82, 2.24) is 9.38 Å². The summed E-state index contributed by atoms with van der Waals surface area (Å²) in [6.07, 6.45) is 1.95. The number of halogens is 2. The highest BCUT2D eigenvalue weighted by Gasteiger charge is 2.14. The number of hydrogen-bond donors (Lipinski definition) is 0. The lowest BCUT2D eigenvalue weighted by Gasteiger charge is -2.04. The Kier molecular flexibility index (Phi) is 3.45. The number of nitrogens with zero attached hydrogens (tertiary/aromatic N) is 2. The molecule has 0 saturated carbocycles. The largest absolute Gasteiger partial charge is 0.437 e. The fourth-order valence-corrected chi connectivity index (χ4v) is 2.96. The molecule has 0 aliphatic rings. The maximum absolute atomic E-state index is 5.96. The second kappa shape index (κ2) is 5.07. The average Bonchev–Trinajstić information content (AvgIpc) is 2.92. The summed E-state index contributed by atoms with van der Waals surface area (Å²) in [5.74, 6) is 1.73. The first kappa shape index (κ1) is 12.3. The van der Waals surface area contributed by atoms with Crippen molar-refractivity contribution in [3.8, 4) is 11.6 Å². The lowest BCUT2D eigenvalue weighted by Crippen LogP contribution is -1.91. The van der Waals surface area contributed by atoms with E-state index in [2.05, 4.69) is 27.6 Å². The Hall–Kier alpha value is -0.790. The number of imidazole rings is 1. The number of hydrogen-bond acceptors (Lipinski definition) is 3. The van der Waals surface area contributed by atoms with Crippen LogP contribution in [0.2, 0.25) is 0 Å². The number of alkyl halides is 1. The second-order valence-corrected chi connectivity index (χ2v) is 5.99. The van der Waals surface area contributed by atoms with E-state index in [1.54, 1.807) is 11.3 Å². The number of fused-ring (bicyclic) bond motifs is 1. The van der Waals surface area contributed by atoms with Crippen LogP contribution in [0.1, 0.15) is 5.69 Å². The van der Waals surface area contributed by atoms with Gasteiger partial charge in [-0.25, -0.2) is 0 Å². The van der Waals surface area contributed by atoms with Crippen LogP contribution < -0.4 is 4.74 Å². The van der Waals surface area contributed by atoms with E-state index < -0.39 is 0 Å². The second-order valence-electron chi connectivity index (χ2n) is 3.61. The van der Waals surface area contributed by atoms with Gasteiger partial charge in [0.1, 0.15) is 11.4 Å². The molecular formula is C12H8ClIN2OS. The minimum absolute atomic E-state index is 0.373. The molecule has 18 heavy (non-hydrogen) atoms. The van der Waals surface area contributed by atoms with E-state index in [4.69, 9.17) is 16.3 Å². The first-order valence-corrected chi connectivity index (χ1v) is 7.71. The van der Waals surface area contributed by atoms with Gasteiger partial charge in [0.05, 0.1) is 5.88 Å². The molecule has 0 atom stereocenters. The van der Waals surface area contributed by atoms with Gasteiger partial charge in [0.15, 0.2) is 4.96 Å². The van der Waals surface area contributed by atoms with Gasteiger partial charge in [-0.05, 0) is 46.9 Å². The van der Waals surface area contributed by atoms with Gasteiger partial charge in [-0.15, -0.1) is 22.9 Å². The topological polar surface area (TPSA) is 26.5 Å². The zero-order chi connectivity index (χ0) is 12.5. The van der Waals surface area contributed by atoms with Crippen LogP contribution in [0, 0.1) is 3.57 Å². The Balaban J connectivity index is 1.98. The normalized spacial score (nSPS) is 11.0. The monoisotopic (exact) mass is 390 g/mol. The summed E-state index contributed by atoms with van der Waals surface area (Å²) in [5, 5.41) is 1.98. The van der Waals surface area contributed by atoms with Crippen LogP contribution in [-0.4, -0.2) is 9.38 Å². The number of rotatable bonds is 3. The van der Waals surface area contributed by atoms with Crippen LogP contribution in [0.25, 0.3) is 4.96 Å². The summed E-state index contributed by atoms with van der Waals surface area (Å²) < 4.78 is 8.91. The molecule has 6 heteroatoms. The molecule has 0 amide bonds. The molecule has 0 unspecified atom stereocenters. The smallest absolute Gasteiger partial charge is 0.243 e. The average molecular weight is 391 g/mol. The van der Waals surface area contributed by atoms with E-state index in [-0.39, 0.29) is 0 Å².